The Kier molecular flexibility index (Phi) is 3.62. The van der Waals surface area contributed by atoms with E-state index in [-0.39, 0.29) is 17.5 Å². The number of rotatable bonds is 3. The molecule has 2 aromatic rings. The molecule has 0 bridgehead atoms. The second-order valence-electron chi connectivity index (χ2n) is 5.44. The molecule has 0 spiro atoms. The van der Waals surface area contributed by atoms with Crippen molar-refractivity contribution in [2.75, 3.05) is 11.9 Å². The van der Waals surface area contributed by atoms with Crippen LogP contribution in [0.2, 0.25) is 0 Å². The van der Waals surface area contributed by atoms with E-state index in [1.165, 1.54) is 6.07 Å². The van der Waals surface area contributed by atoms with Gasteiger partial charge in [-0.2, -0.15) is 0 Å². The van der Waals surface area contributed by atoms with Crippen molar-refractivity contribution in [3.8, 4) is 11.3 Å². The maximum Gasteiger partial charge on any atom is 0.264 e. The Morgan fingerprint density at radius 2 is 2.00 bits per heavy atom. The Labute approximate surface area is 121 Å². The summed E-state index contributed by atoms with van der Waals surface area (Å²) in [5.41, 5.74) is 2.20. The molecule has 21 heavy (non-hydrogen) atoms. The first kappa shape index (κ1) is 13.6. The molecule has 1 amide bonds. The predicted molar refractivity (Wildman–Crippen MR) is 81.1 cm³/mol. The van der Waals surface area contributed by atoms with Crippen molar-refractivity contribution >= 4 is 11.6 Å². The van der Waals surface area contributed by atoms with Gasteiger partial charge in [-0.1, -0.05) is 19.1 Å². The number of amides is 1. The molecule has 2 heterocycles. The van der Waals surface area contributed by atoms with Crippen molar-refractivity contribution in [2.24, 2.45) is 5.92 Å². The highest BCUT2D eigenvalue weighted by Crippen LogP contribution is 2.20. The van der Waals surface area contributed by atoms with Gasteiger partial charge >= 0.3 is 0 Å². The normalized spacial score (nSPS) is 21.4. The molecule has 1 saturated heterocycles. The van der Waals surface area contributed by atoms with E-state index < -0.39 is 0 Å². The summed E-state index contributed by atoms with van der Waals surface area (Å²) in [5, 5.41) is 11.4. The van der Waals surface area contributed by atoms with Crippen molar-refractivity contribution in [2.45, 2.75) is 19.4 Å². The molecule has 6 heteroatoms. The predicted octanol–water partition coefficient (Wildman–Crippen LogP) is 1.31. The molecule has 1 aromatic carbocycles. The fourth-order valence-electron chi connectivity index (χ4n) is 2.63. The smallest absolute Gasteiger partial charge is 0.264 e. The van der Waals surface area contributed by atoms with Crippen molar-refractivity contribution in [1.29, 1.82) is 0 Å². The number of nitrogens with one attached hydrogen (secondary N) is 4. The van der Waals surface area contributed by atoms with Gasteiger partial charge in [0.2, 0.25) is 5.91 Å². The maximum absolute atomic E-state index is 12.2. The van der Waals surface area contributed by atoms with E-state index >= 15 is 0 Å². The zero-order chi connectivity index (χ0) is 14.8. The lowest BCUT2D eigenvalue weighted by Crippen LogP contribution is -2.39. The maximum atomic E-state index is 12.2. The minimum atomic E-state index is -0.163. The summed E-state index contributed by atoms with van der Waals surface area (Å²) in [5.74, 6) is 0.358. The number of benzene rings is 1. The molecule has 0 saturated carbocycles. The van der Waals surface area contributed by atoms with Crippen LogP contribution >= 0.6 is 0 Å². The van der Waals surface area contributed by atoms with Crippen LogP contribution in [0, 0.1) is 5.92 Å². The number of hydrogen-bond acceptors (Lipinski definition) is 3. The summed E-state index contributed by atoms with van der Waals surface area (Å²) in [6, 6.07) is 8.76. The zero-order valence-corrected chi connectivity index (χ0v) is 11.8. The Bertz CT molecular complexity index is 686. The van der Waals surface area contributed by atoms with Crippen LogP contribution < -0.4 is 16.2 Å². The largest absolute Gasteiger partial charge is 0.325 e. The highest BCUT2D eigenvalue weighted by Gasteiger charge is 2.29. The van der Waals surface area contributed by atoms with E-state index in [1.807, 2.05) is 24.3 Å². The number of carbonyl (C=O) groups is 1. The molecular weight excluding hydrogens is 268 g/mol. The number of carbonyl (C=O) groups excluding carboxylic acids is 1. The highest BCUT2D eigenvalue weighted by atomic mass is 16.2. The van der Waals surface area contributed by atoms with Gasteiger partial charge in [-0.15, -0.1) is 0 Å². The van der Waals surface area contributed by atoms with Gasteiger partial charge < -0.3 is 10.6 Å². The molecule has 1 fully saturated rings. The molecule has 2 atom stereocenters. The van der Waals surface area contributed by atoms with Crippen LogP contribution in [-0.4, -0.2) is 28.7 Å². The Hall–Kier alpha value is -2.34. The lowest BCUT2D eigenvalue weighted by Gasteiger charge is -2.15. The third-order valence-electron chi connectivity index (χ3n) is 3.87. The van der Waals surface area contributed by atoms with Crippen molar-refractivity contribution in [3.63, 3.8) is 0 Å². The molecule has 0 radical (unpaired) electrons. The van der Waals surface area contributed by atoms with Gasteiger partial charge in [-0.05, 0) is 36.6 Å². The quantitative estimate of drug-likeness (QED) is 0.685. The number of aromatic amines is 2. The molecule has 4 N–H and O–H groups in total. The van der Waals surface area contributed by atoms with Gasteiger partial charge in [-0.25, -0.2) is 0 Å². The van der Waals surface area contributed by atoms with E-state index in [0.29, 0.717) is 5.92 Å². The lowest BCUT2D eigenvalue weighted by molar-refractivity contribution is -0.118. The second-order valence-corrected chi connectivity index (χ2v) is 5.44. The standard InChI is InChI=1S/C15H18N4O2/c1-9-6-7-16-14(9)15(21)17-11-4-2-10(3-5-11)12-8-13(20)19-18-12/h2-5,8-9,14,16H,6-7H2,1H3,(H,17,21)(H2,18,19,20). The Balaban J connectivity index is 1.70. The molecule has 110 valence electrons. The fourth-order valence-corrected chi connectivity index (χ4v) is 2.63. The third kappa shape index (κ3) is 2.90. The van der Waals surface area contributed by atoms with Crippen LogP contribution in [0.1, 0.15) is 13.3 Å². The first-order valence-electron chi connectivity index (χ1n) is 7.06. The minimum absolute atomic E-state index is 0.00259. The SMILES string of the molecule is CC1CCNC1C(=O)Nc1ccc(-c2cc(=O)[nH][nH]2)cc1. The molecule has 6 nitrogen and oxygen atoms in total. The Morgan fingerprint density at radius 1 is 1.24 bits per heavy atom. The van der Waals surface area contributed by atoms with Crippen LogP contribution in [0.25, 0.3) is 11.3 Å². The highest BCUT2D eigenvalue weighted by molar-refractivity contribution is 5.95. The number of aromatic nitrogens is 2. The summed E-state index contributed by atoms with van der Waals surface area (Å²) in [4.78, 5) is 23.3. The summed E-state index contributed by atoms with van der Waals surface area (Å²) < 4.78 is 0. The first-order chi connectivity index (χ1) is 10.1. The molecule has 0 aliphatic carbocycles. The van der Waals surface area contributed by atoms with Gasteiger partial charge in [0.15, 0.2) is 0 Å². The van der Waals surface area contributed by atoms with Crippen molar-refractivity contribution < 1.29 is 4.79 Å². The van der Waals surface area contributed by atoms with Crippen molar-refractivity contribution in [3.05, 3.63) is 40.7 Å². The zero-order valence-electron chi connectivity index (χ0n) is 11.8. The fraction of sp³-hybridized carbons (Fsp3) is 0.333. The van der Waals surface area contributed by atoms with E-state index in [4.69, 9.17) is 0 Å². The Morgan fingerprint density at radius 3 is 2.57 bits per heavy atom. The van der Waals surface area contributed by atoms with E-state index in [1.54, 1.807) is 0 Å². The lowest BCUT2D eigenvalue weighted by atomic mass is 10.0. The van der Waals surface area contributed by atoms with Crippen LogP contribution in [0.3, 0.4) is 0 Å². The number of H-pyrrole nitrogens is 2. The summed E-state index contributed by atoms with van der Waals surface area (Å²) in [7, 11) is 0. The van der Waals surface area contributed by atoms with Gasteiger partial charge in [0.25, 0.3) is 5.56 Å². The second kappa shape index (κ2) is 5.57. The van der Waals surface area contributed by atoms with E-state index in [0.717, 1.165) is 29.9 Å². The van der Waals surface area contributed by atoms with E-state index in [2.05, 4.69) is 27.8 Å². The average molecular weight is 286 g/mol. The third-order valence-corrected chi connectivity index (χ3v) is 3.87. The molecular formula is C15H18N4O2. The van der Waals surface area contributed by atoms with Crippen LogP contribution in [-0.2, 0) is 4.79 Å². The molecule has 3 rings (SSSR count). The minimum Gasteiger partial charge on any atom is -0.325 e. The summed E-state index contributed by atoms with van der Waals surface area (Å²) in [6.07, 6.45) is 1.03. The first-order valence-corrected chi connectivity index (χ1v) is 7.06. The average Bonchev–Trinajstić information content (AvgIpc) is 3.08. The van der Waals surface area contributed by atoms with Crippen molar-refractivity contribution in [1.82, 2.24) is 15.5 Å². The van der Waals surface area contributed by atoms with Crippen LogP contribution in [0.15, 0.2) is 35.1 Å². The van der Waals surface area contributed by atoms with Gasteiger partial charge in [-0.3, -0.25) is 19.8 Å². The molecule has 1 aliphatic rings. The molecule has 1 aliphatic heterocycles. The number of hydrogen-bond donors (Lipinski definition) is 4. The molecule has 2 unspecified atom stereocenters. The topological polar surface area (TPSA) is 89.8 Å². The summed E-state index contributed by atoms with van der Waals surface area (Å²) >= 11 is 0. The number of anilines is 1. The van der Waals surface area contributed by atoms with Gasteiger partial charge in [0.1, 0.15) is 0 Å². The van der Waals surface area contributed by atoms with Gasteiger partial charge in [0.05, 0.1) is 11.7 Å². The summed E-state index contributed by atoms with van der Waals surface area (Å²) in [6.45, 7) is 2.97. The molecule has 1 aromatic heterocycles. The van der Waals surface area contributed by atoms with Crippen LogP contribution in [0.5, 0.6) is 0 Å². The van der Waals surface area contributed by atoms with Gasteiger partial charge in [0, 0.05) is 11.8 Å². The monoisotopic (exact) mass is 286 g/mol. The van der Waals surface area contributed by atoms with E-state index in [9.17, 15) is 9.59 Å². The van der Waals surface area contributed by atoms with Crippen LogP contribution in [0.4, 0.5) is 5.69 Å².